The minimum Gasteiger partial charge on any atom is -0.308 e. The van der Waals surface area contributed by atoms with Crippen LogP contribution >= 0.6 is 27.7 Å². The molecule has 0 aliphatic carbocycles. The molecule has 1 amide bonds. The van der Waals surface area contributed by atoms with Crippen LogP contribution in [0, 0.1) is 0 Å². The van der Waals surface area contributed by atoms with Gasteiger partial charge in [-0.1, -0.05) is 88.4 Å². The van der Waals surface area contributed by atoms with Gasteiger partial charge in [0.25, 0.3) is 5.91 Å². The number of hydrazone groups is 1. The van der Waals surface area contributed by atoms with Crippen molar-refractivity contribution in [2.24, 2.45) is 5.10 Å². The van der Waals surface area contributed by atoms with Gasteiger partial charge in [0.05, 0.1) is 5.69 Å². The molecule has 2 aliphatic heterocycles. The maximum atomic E-state index is 13.6. The Morgan fingerprint density at radius 3 is 2.48 bits per heavy atom. The first-order valence-electron chi connectivity index (χ1n) is 9.42. The summed E-state index contributed by atoms with van der Waals surface area (Å²) in [7, 11) is 0. The van der Waals surface area contributed by atoms with Gasteiger partial charge in [0.1, 0.15) is 5.04 Å². The quantitative estimate of drug-likeness (QED) is 0.598. The zero-order valence-electron chi connectivity index (χ0n) is 15.5. The van der Waals surface area contributed by atoms with Gasteiger partial charge in [-0.25, -0.2) is 0 Å². The van der Waals surface area contributed by atoms with Gasteiger partial charge in [0.15, 0.2) is 0 Å². The summed E-state index contributed by atoms with van der Waals surface area (Å²) < 4.78 is 0.948. The number of fused-ring (bicyclic) bond motifs is 2. The number of thioether (sulfide) groups is 1. The highest BCUT2D eigenvalue weighted by molar-refractivity contribution is 9.10. The standard InChI is InChI=1S/C23H18BrN3OS/c24-18-11-12-20-19(15-18)23(26-25-21(29-23)17-9-5-2-6-10-17)22(28)27(20)14-13-16-7-3-1-4-8-16/h1-12,15,26H,13-14H2/t23-/m1/s1. The molecule has 3 aromatic carbocycles. The average molecular weight is 464 g/mol. The number of carbonyl (C=O) groups is 1. The molecular weight excluding hydrogens is 446 g/mol. The minimum atomic E-state index is -0.916. The van der Waals surface area contributed by atoms with Crippen LogP contribution in [0.4, 0.5) is 5.69 Å². The number of nitrogens with one attached hydrogen (secondary N) is 1. The van der Waals surface area contributed by atoms with E-state index in [9.17, 15) is 4.79 Å². The Morgan fingerprint density at radius 2 is 1.72 bits per heavy atom. The van der Waals surface area contributed by atoms with Crippen LogP contribution in [0.15, 0.2) is 88.4 Å². The van der Waals surface area contributed by atoms with E-state index in [0.717, 1.165) is 32.8 Å². The molecule has 144 valence electrons. The number of nitrogens with zero attached hydrogens (tertiary/aromatic N) is 2. The van der Waals surface area contributed by atoms with Gasteiger partial charge in [0, 0.05) is 22.1 Å². The first-order chi connectivity index (χ1) is 14.2. The second-order valence-corrected chi connectivity index (χ2v) is 9.15. The van der Waals surface area contributed by atoms with E-state index in [1.807, 2.05) is 71.6 Å². The van der Waals surface area contributed by atoms with E-state index in [-0.39, 0.29) is 5.91 Å². The van der Waals surface area contributed by atoms with Crippen molar-refractivity contribution < 1.29 is 4.79 Å². The minimum absolute atomic E-state index is 0.0289. The summed E-state index contributed by atoms with van der Waals surface area (Å²) >= 11 is 5.05. The summed E-state index contributed by atoms with van der Waals surface area (Å²) in [5.41, 5.74) is 7.30. The molecule has 0 saturated carbocycles. The van der Waals surface area contributed by atoms with Crippen LogP contribution in [0.5, 0.6) is 0 Å². The van der Waals surface area contributed by atoms with Crippen LogP contribution in [0.3, 0.4) is 0 Å². The van der Waals surface area contributed by atoms with Crippen molar-refractivity contribution in [2.75, 3.05) is 11.4 Å². The Bertz CT molecular complexity index is 1100. The number of hydrogen-bond donors (Lipinski definition) is 1. The summed E-state index contributed by atoms with van der Waals surface area (Å²) in [6.07, 6.45) is 0.801. The van der Waals surface area contributed by atoms with E-state index in [0.29, 0.717) is 6.54 Å². The highest BCUT2D eigenvalue weighted by Crippen LogP contribution is 2.51. The van der Waals surface area contributed by atoms with Crippen LogP contribution in [0.25, 0.3) is 0 Å². The Labute approximate surface area is 182 Å². The SMILES string of the molecule is O=C1N(CCc2ccccc2)c2ccc(Br)cc2[C@]12NN=C(c1ccccc1)S2. The van der Waals surface area contributed by atoms with E-state index >= 15 is 0 Å². The first-order valence-corrected chi connectivity index (χ1v) is 11.0. The average Bonchev–Trinajstić information content (AvgIpc) is 3.30. The molecule has 0 unspecified atom stereocenters. The molecule has 6 heteroatoms. The van der Waals surface area contributed by atoms with Crippen LogP contribution in [-0.2, 0) is 16.1 Å². The third kappa shape index (κ3) is 3.16. The molecule has 2 heterocycles. The van der Waals surface area contributed by atoms with Gasteiger partial charge >= 0.3 is 0 Å². The molecule has 1 spiro atoms. The van der Waals surface area contributed by atoms with Crippen molar-refractivity contribution in [3.63, 3.8) is 0 Å². The molecule has 0 bridgehead atoms. The van der Waals surface area contributed by atoms with Crippen molar-refractivity contribution in [2.45, 2.75) is 11.3 Å². The Hall–Kier alpha value is -2.57. The second-order valence-electron chi connectivity index (χ2n) is 7.03. The zero-order chi connectivity index (χ0) is 19.8. The summed E-state index contributed by atoms with van der Waals surface area (Å²) in [5, 5.41) is 5.37. The van der Waals surface area contributed by atoms with Crippen LogP contribution in [-0.4, -0.2) is 17.5 Å². The summed E-state index contributed by atoms with van der Waals surface area (Å²) in [5.74, 6) is 0.0289. The molecule has 0 radical (unpaired) electrons. The smallest absolute Gasteiger partial charge is 0.269 e. The van der Waals surface area contributed by atoms with Gasteiger partial charge in [-0.3, -0.25) is 10.2 Å². The largest absolute Gasteiger partial charge is 0.308 e. The van der Waals surface area contributed by atoms with E-state index in [1.165, 1.54) is 17.3 Å². The van der Waals surface area contributed by atoms with E-state index in [1.54, 1.807) is 0 Å². The fourth-order valence-electron chi connectivity index (χ4n) is 3.78. The normalized spacial score (nSPS) is 20.0. The third-order valence-electron chi connectivity index (χ3n) is 5.23. The first kappa shape index (κ1) is 18.5. The van der Waals surface area contributed by atoms with Crippen LogP contribution in [0.1, 0.15) is 16.7 Å². The molecule has 0 saturated heterocycles. The molecule has 3 aromatic rings. The number of halogens is 1. The molecule has 0 aromatic heterocycles. The lowest BCUT2D eigenvalue weighted by atomic mass is 10.1. The van der Waals surface area contributed by atoms with Gasteiger partial charge in [-0.2, -0.15) is 5.10 Å². The summed E-state index contributed by atoms with van der Waals surface area (Å²) in [6.45, 7) is 0.627. The van der Waals surface area contributed by atoms with E-state index in [4.69, 9.17) is 0 Å². The molecule has 1 N–H and O–H groups in total. The van der Waals surface area contributed by atoms with Crippen molar-refractivity contribution >= 4 is 44.3 Å². The second kappa shape index (κ2) is 7.35. The van der Waals surface area contributed by atoms with Gasteiger partial charge in [0.2, 0.25) is 4.87 Å². The predicted molar refractivity (Wildman–Crippen MR) is 122 cm³/mol. The zero-order valence-corrected chi connectivity index (χ0v) is 17.9. The molecule has 5 rings (SSSR count). The van der Waals surface area contributed by atoms with Crippen LogP contribution < -0.4 is 10.3 Å². The lowest BCUT2D eigenvalue weighted by Crippen LogP contribution is -2.44. The van der Waals surface area contributed by atoms with Gasteiger partial charge in [-0.05, 0) is 30.2 Å². The van der Waals surface area contributed by atoms with E-state index in [2.05, 4.69) is 38.6 Å². The van der Waals surface area contributed by atoms with Crippen molar-refractivity contribution in [3.05, 3.63) is 100 Å². The molecule has 2 aliphatic rings. The fourth-order valence-corrected chi connectivity index (χ4v) is 5.34. The van der Waals surface area contributed by atoms with Crippen molar-refractivity contribution in [3.8, 4) is 0 Å². The number of amides is 1. The molecular formula is C23H18BrN3OS. The van der Waals surface area contributed by atoms with Gasteiger partial charge < -0.3 is 4.90 Å². The Balaban J connectivity index is 1.48. The highest BCUT2D eigenvalue weighted by Gasteiger charge is 2.55. The van der Waals surface area contributed by atoms with Crippen molar-refractivity contribution in [1.82, 2.24) is 5.43 Å². The predicted octanol–water partition coefficient (Wildman–Crippen LogP) is 4.89. The number of rotatable bonds is 4. The highest BCUT2D eigenvalue weighted by atomic mass is 79.9. The number of carbonyl (C=O) groups excluding carboxylic acids is 1. The molecule has 4 nitrogen and oxygen atoms in total. The maximum Gasteiger partial charge on any atom is 0.269 e. The molecule has 1 atom stereocenters. The topological polar surface area (TPSA) is 44.7 Å². The summed E-state index contributed by atoms with van der Waals surface area (Å²) in [6, 6.07) is 26.3. The van der Waals surface area contributed by atoms with Crippen molar-refractivity contribution in [1.29, 1.82) is 0 Å². The van der Waals surface area contributed by atoms with E-state index < -0.39 is 4.87 Å². The molecule has 0 fully saturated rings. The lowest BCUT2D eigenvalue weighted by Gasteiger charge is -2.22. The maximum absolute atomic E-state index is 13.6. The number of benzene rings is 3. The fraction of sp³-hybridized carbons (Fsp3) is 0.130. The monoisotopic (exact) mass is 463 g/mol. The molecule has 29 heavy (non-hydrogen) atoms. The van der Waals surface area contributed by atoms with Crippen LogP contribution in [0.2, 0.25) is 0 Å². The number of anilines is 1. The van der Waals surface area contributed by atoms with Gasteiger partial charge in [-0.15, -0.1) is 0 Å². The Kier molecular flexibility index (Phi) is 4.68. The summed E-state index contributed by atoms with van der Waals surface area (Å²) in [4.78, 5) is 14.6. The Morgan fingerprint density at radius 1 is 1.00 bits per heavy atom. The third-order valence-corrected chi connectivity index (χ3v) is 7.03. The number of hydrogen-bond acceptors (Lipinski definition) is 4. The lowest BCUT2D eigenvalue weighted by molar-refractivity contribution is -0.121.